The van der Waals surface area contributed by atoms with Gasteiger partial charge in [0.15, 0.2) is 12.1 Å². The van der Waals surface area contributed by atoms with Crippen LogP contribution in [0.5, 0.6) is 0 Å². The summed E-state index contributed by atoms with van der Waals surface area (Å²) in [7, 11) is 0. The third-order valence-corrected chi connectivity index (χ3v) is 6.49. The van der Waals surface area contributed by atoms with E-state index in [-0.39, 0.29) is 35.4 Å². The number of ether oxygens (including phenoxy) is 3. The van der Waals surface area contributed by atoms with E-state index in [4.69, 9.17) is 14.2 Å². The number of amides is 2. The second-order valence-corrected chi connectivity index (χ2v) is 11.3. The van der Waals surface area contributed by atoms with Gasteiger partial charge in [0.25, 0.3) is 0 Å². The first-order chi connectivity index (χ1) is 20.7. The number of carbonyl (C=O) groups excluding carboxylic acids is 3. The van der Waals surface area contributed by atoms with Gasteiger partial charge in [0.05, 0.1) is 47.5 Å². The molecule has 0 radical (unpaired) electrons. The number of nitrogens with one attached hydrogen (secondary N) is 2. The molecule has 2 amide bonds. The molecule has 0 spiro atoms. The van der Waals surface area contributed by atoms with E-state index >= 15 is 0 Å². The molecule has 4 rings (SSSR count). The van der Waals surface area contributed by atoms with Gasteiger partial charge in [-0.15, -0.1) is 5.10 Å². The standard InChI is InChI=1S/C30H34F3N5O6/c1-18-12-23(36-28(41)44-29(2,3)4)24(14-22(18)30(31,32)33)35-26(40)15-25(39)19-8-7-9-20(13-19)38-21(16-34-37-38)17-43-27-10-5-6-11-42-27/h7-9,12-14,16,27H,5-6,10-11,15,17H2,1-4H3,(H,35,40)(H,36,41). The number of nitrogens with zero attached hydrogens (tertiary/aromatic N) is 3. The smallest absolute Gasteiger partial charge is 0.416 e. The van der Waals surface area contributed by atoms with Gasteiger partial charge in [-0.2, -0.15) is 13.2 Å². The summed E-state index contributed by atoms with van der Waals surface area (Å²) in [6.07, 6.45) is -2.34. The highest BCUT2D eigenvalue weighted by molar-refractivity contribution is 6.12. The highest BCUT2D eigenvalue weighted by Crippen LogP contribution is 2.37. The van der Waals surface area contributed by atoms with Crippen molar-refractivity contribution >= 4 is 29.2 Å². The van der Waals surface area contributed by atoms with E-state index in [2.05, 4.69) is 20.9 Å². The van der Waals surface area contributed by atoms with Crippen LogP contribution in [0.25, 0.3) is 5.69 Å². The summed E-state index contributed by atoms with van der Waals surface area (Å²) in [4.78, 5) is 38.3. The van der Waals surface area contributed by atoms with Crippen molar-refractivity contribution in [1.82, 2.24) is 15.0 Å². The average Bonchev–Trinajstić information content (AvgIpc) is 3.41. The molecule has 44 heavy (non-hydrogen) atoms. The van der Waals surface area contributed by atoms with Gasteiger partial charge in [-0.1, -0.05) is 17.3 Å². The normalized spacial score (nSPS) is 15.5. The molecule has 1 aliphatic rings. The largest absolute Gasteiger partial charge is 0.444 e. The Morgan fingerprint density at radius 3 is 2.50 bits per heavy atom. The lowest BCUT2D eigenvalue weighted by molar-refractivity contribution is -0.169. The molecule has 1 saturated heterocycles. The second kappa shape index (κ2) is 13.6. The van der Waals surface area contributed by atoms with Crippen LogP contribution in [0.3, 0.4) is 0 Å². The number of anilines is 2. The first-order valence-corrected chi connectivity index (χ1v) is 14.0. The third-order valence-electron chi connectivity index (χ3n) is 6.49. The van der Waals surface area contributed by atoms with Gasteiger partial charge in [-0.05, 0) is 76.8 Å². The van der Waals surface area contributed by atoms with Gasteiger partial charge >= 0.3 is 12.3 Å². The molecule has 2 aromatic carbocycles. The monoisotopic (exact) mass is 617 g/mol. The fourth-order valence-electron chi connectivity index (χ4n) is 4.48. The van der Waals surface area contributed by atoms with Crippen LogP contribution in [-0.2, 0) is 31.8 Å². The minimum Gasteiger partial charge on any atom is -0.444 e. The molecule has 3 aromatic rings. The molecular formula is C30H34F3N5O6. The van der Waals surface area contributed by atoms with Crippen LogP contribution in [0.15, 0.2) is 42.6 Å². The van der Waals surface area contributed by atoms with Gasteiger partial charge in [0.2, 0.25) is 5.91 Å². The Bertz CT molecular complexity index is 1510. The van der Waals surface area contributed by atoms with Gasteiger partial charge in [-0.25, -0.2) is 9.48 Å². The summed E-state index contributed by atoms with van der Waals surface area (Å²) >= 11 is 0. The van der Waals surface area contributed by atoms with E-state index in [9.17, 15) is 27.6 Å². The van der Waals surface area contributed by atoms with Crippen LogP contribution in [0, 0.1) is 6.92 Å². The van der Waals surface area contributed by atoms with E-state index in [0.29, 0.717) is 24.1 Å². The van der Waals surface area contributed by atoms with Crippen LogP contribution < -0.4 is 10.6 Å². The van der Waals surface area contributed by atoms with Crippen molar-refractivity contribution in [2.24, 2.45) is 0 Å². The number of aryl methyl sites for hydroxylation is 1. The zero-order chi connectivity index (χ0) is 32.1. The molecule has 0 aliphatic carbocycles. The predicted molar refractivity (Wildman–Crippen MR) is 153 cm³/mol. The number of halogens is 3. The van der Waals surface area contributed by atoms with Crippen LogP contribution >= 0.6 is 0 Å². The summed E-state index contributed by atoms with van der Waals surface area (Å²) in [6, 6.07) is 8.12. The molecule has 1 fully saturated rings. The SMILES string of the molecule is Cc1cc(NC(=O)OC(C)(C)C)c(NC(=O)CC(=O)c2cccc(-n3nncc3COC3CCCCO3)c2)cc1C(F)(F)F. The summed E-state index contributed by atoms with van der Waals surface area (Å²) < 4.78 is 59.0. The maximum Gasteiger partial charge on any atom is 0.416 e. The van der Waals surface area contributed by atoms with Crippen molar-refractivity contribution in [1.29, 1.82) is 0 Å². The van der Waals surface area contributed by atoms with E-state index in [0.717, 1.165) is 25.3 Å². The summed E-state index contributed by atoms with van der Waals surface area (Å²) in [5.41, 5.74) is -1.24. The number of hydrogen-bond acceptors (Lipinski definition) is 8. The number of carbonyl (C=O) groups is 3. The molecule has 1 unspecified atom stereocenters. The summed E-state index contributed by atoms with van der Waals surface area (Å²) in [5.74, 6) is -1.48. The average molecular weight is 618 g/mol. The van der Waals surface area contributed by atoms with Gasteiger partial charge in [-0.3, -0.25) is 14.9 Å². The maximum absolute atomic E-state index is 13.6. The molecule has 1 atom stereocenters. The Kier molecular flexibility index (Phi) is 10.0. The maximum atomic E-state index is 13.6. The Morgan fingerprint density at radius 1 is 1.07 bits per heavy atom. The number of hydrogen-bond donors (Lipinski definition) is 2. The lowest BCUT2D eigenvalue weighted by Crippen LogP contribution is -2.28. The van der Waals surface area contributed by atoms with Crippen molar-refractivity contribution in [2.75, 3.05) is 17.2 Å². The second-order valence-electron chi connectivity index (χ2n) is 11.3. The molecule has 11 nitrogen and oxygen atoms in total. The van der Waals surface area contributed by atoms with Crippen LogP contribution in [0.4, 0.5) is 29.3 Å². The zero-order valence-corrected chi connectivity index (χ0v) is 24.8. The minimum absolute atomic E-state index is 0.118. The van der Waals surface area contributed by atoms with Crippen LogP contribution in [0.1, 0.15) is 73.6 Å². The lowest BCUT2D eigenvalue weighted by Gasteiger charge is -2.22. The molecule has 1 aromatic heterocycles. The third kappa shape index (κ3) is 8.86. The number of alkyl halides is 3. The molecule has 0 saturated carbocycles. The van der Waals surface area contributed by atoms with E-state index < -0.39 is 41.5 Å². The fraction of sp³-hybridized carbons (Fsp3) is 0.433. The van der Waals surface area contributed by atoms with Crippen LogP contribution in [-0.4, -0.2) is 51.3 Å². The Hall–Kier alpha value is -4.30. The molecule has 2 N–H and O–H groups in total. The summed E-state index contributed by atoms with van der Waals surface area (Å²) in [6.45, 7) is 6.90. The predicted octanol–water partition coefficient (Wildman–Crippen LogP) is 6.20. The number of ketones is 1. The number of Topliss-reactive ketones (excluding diaryl/α,β-unsaturated/α-hetero) is 1. The summed E-state index contributed by atoms with van der Waals surface area (Å²) in [5, 5.41) is 12.7. The van der Waals surface area contributed by atoms with Crippen molar-refractivity contribution in [3.05, 3.63) is 65.0 Å². The molecular weight excluding hydrogens is 583 g/mol. The van der Waals surface area contributed by atoms with Crippen molar-refractivity contribution in [3.8, 4) is 5.69 Å². The van der Waals surface area contributed by atoms with Gasteiger partial charge in [0.1, 0.15) is 5.60 Å². The first-order valence-electron chi connectivity index (χ1n) is 14.0. The number of rotatable bonds is 9. The molecule has 1 aliphatic heterocycles. The minimum atomic E-state index is -4.72. The Morgan fingerprint density at radius 2 is 1.82 bits per heavy atom. The molecule has 2 heterocycles. The highest BCUT2D eigenvalue weighted by Gasteiger charge is 2.34. The van der Waals surface area contributed by atoms with Gasteiger partial charge in [0, 0.05) is 12.2 Å². The molecule has 14 heteroatoms. The Balaban J connectivity index is 1.48. The van der Waals surface area contributed by atoms with Crippen molar-refractivity contribution in [3.63, 3.8) is 0 Å². The Labute approximate surface area is 252 Å². The number of aromatic nitrogens is 3. The van der Waals surface area contributed by atoms with E-state index in [1.54, 1.807) is 32.9 Å². The van der Waals surface area contributed by atoms with Crippen molar-refractivity contribution < 1.29 is 41.8 Å². The van der Waals surface area contributed by atoms with Gasteiger partial charge < -0.3 is 19.5 Å². The quantitative estimate of drug-likeness (QED) is 0.214. The van der Waals surface area contributed by atoms with E-state index in [1.165, 1.54) is 29.9 Å². The first kappa shape index (κ1) is 32.6. The lowest BCUT2D eigenvalue weighted by atomic mass is 10.0. The topological polar surface area (TPSA) is 134 Å². The highest BCUT2D eigenvalue weighted by atomic mass is 19.4. The van der Waals surface area contributed by atoms with Crippen LogP contribution in [0.2, 0.25) is 0 Å². The van der Waals surface area contributed by atoms with E-state index in [1.807, 2.05) is 0 Å². The van der Waals surface area contributed by atoms with Crippen molar-refractivity contribution in [2.45, 2.75) is 78.1 Å². The molecule has 236 valence electrons. The number of benzene rings is 2. The molecule has 0 bridgehead atoms. The zero-order valence-electron chi connectivity index (χ0n) is 24.8. The fourth-order valence-corrected chi connectivity index (χ4v) is 4.48.